The first-order chi connectivity index (χ1) is 10.9. The van der Waals surface area contributed by atoms with Crippen molar-refractivity contribution in [1.82, 2.24) is 4.90 Å². The highest BCUT2D eigenvalue weighted by Gasteiger charge is 2.37. The molecular weight excluding hydrogens is 364 g/mol. The van der Waals surface area contributed by atoms with Gasteiger partial charge in [-0.2, -0.15) is 0 Å². The molecule has 0 heterocycles. The van der Waals surface area contributed by atoms with Crippen molar-refractivity contribution in [2.75, 3.05) is 25.7 Å². The van der Waals surface area contributed by atoms with Crippen molar-refractivity contribution >= 4 is 15.6 Å². The van der Waals surface area contributed by atoms with Gasteiger partial charge in [0.05, 0.1) is 29.7 Å². The van der Waals surface area contributed by atoms with Crippen LogP contribution in [0.4, 0.5) is 0 Å². The molecule has 0 aliphatic rings. The molecule has 0 spiro atoms. The number of aliphatic hydroxyl groups excluding tert-OH is 1. The lowest BCUT2D eigenvalue weighted by atomic mass is 10.2. The van der Waals surface area contributed by atoms with Gasteiger partial charge < -0.3 is 18.7 Å². The van der Waals surface area contributed by atoms with Crippen LogP contribution in [0.15, 0.2) is 0 Å². The second-order valence-corrected chi connectivity index (χ2v) is 12.2. The predicted molar refractivity (Wildman–Crippen MR) is 103 cm³/mol. The SMILES string of the molecule is CC(C)(C)O[PH](=O)CN(CCO)CP(=O)(OC(C)(C)C)OC(C)(C)C. The average molecular weight is 401 g/mol. The summed E-state index contributed by atoms with van der Waals surface area (Å²) < 4.78 is 42.5. The Morgan fingerprint density at radius 3 is 1.68 bits per heavy atom. The molecule has 152 valence electrons. The molecule has 0 aromatic carbocycles. The maximum absolute atomic E-state index is 13.3. The third-order valence-electron chi connectivity index (χ3n) is 2.39. The van der Waals surface area contributed by atoms with Gasteiger partial charge in [-0.15, -0.1) is 0 Å². The molecule has 0 rings (SSSR count). The molecule has 1 N–H and O–H groups in total. The van der Waals surface area contributed by atoms with E-state index in [1.54, 1.807) is 46.4 Å². The van der Waals surface area contributed by atoms with E-state index < -0.39 is 32.4 Å². The Bertz CT molecular complexity index is 456. The number of nitrogens with zero attached hydrogens (tertiary/aromatic N) is 1. The molecule has 0 aromatic heterocycles. The van der Waals surface area contributed by atoms with Crippen LogP contribution in [-0.4, -0.2) is 52.5 Å². The van der Waals surface area contributed by atoms with Crippen LogP contribution in [0.3, 0.4) is 0 Å². The van der Waals surface area contributed by atoms with Gasteiger partial charge in [0.25, 0.3) is 0 Å². The van der Waals surface area contributed by atoms with Gasteiger partial charge in [0.15, 0.2) is 0 Å². The number of aliphatic hydroxyl groups is 1. The molecule has 1 unspecified atom stereocenters. The van der Waals surface area contributed by atoms with Crippen LogP contribution in [0.25, 0.3) is 0 Å². The average Bonchev–Trinajstić information content (AvgIpc) is 2.18. The van der Waals surface area contributed by atoms with Crippen molar-refractivity contribution in [3.05, 3.63) is 0 Å². The van der Waals surface area contributed by atoms with E-state index in [9.17, 15) is 14.2 Å². The lowest BCUT2D eigenvalue weighted by molar-refractivity contribution is 0.0432. The molecular formula is C16H37NO6P2. The molecule has 7 nitrogen and oxygen atoms in total. The molecule has 1 atom stereocenters. The Morgan fingerprint density at radius 1 is 0.920 bits per heavy atom. The van der Waals surface area contributed by atoms with Crippen LogP contribution in [-0.2, 0) is 22.7 Å². The molecule has 0 bridgehead atoms. The quantitative estimate of drug-likeness (QED) is 0.576. The van der Waals surface area contributed by atoms with Gasteiger partial charge in [-0.25, -0.2) is 0 Å². The highest BCUT2D eigenvalue weighted by molar-refractivity contribution is 7.53. The summed E-state index contributed by atoms with van der Waals surface area (Å²) in [6.45, 7) is 16.3. The molecule has 0 radical (unpaired) electrons. The van der Waals surface area contributed by atoms with Crippen molar-refractivity contribution in [3.63, 3.8) is 0 Å². The molecule has 9 heteroatoms. The molecule has 0 aliphatic carbocycles. The third kappa shape index (κ3) is 14.0. The smallest absolute Gasteiger partial charge is 0.345 e. The Labute approximate surface area is 153 Å². The van der Waals surface area contributed by atoms with Crippen LogP contribution < -0.4 is 0 Å². The molecule has 0 aliphatic heterocycles. The van der Waals surface area contributed by atoms with Crippen LogP contribution in [0.5, 0.6) is 0 Å². The summed E-state index contributed by atoms with van der Waals surface area (Å²) in [6, 6.07) is 0. The predicted octanol–water partition coefficient (Wildman–Crippen LogP) is 4.31. The van der Waals surface area contributed by atoms with Crippen molar-refractivity contribution in [2.24, 2.45) is 0 Å². The van der Waals surface area contributed by atoms with E-state index in [-0.39, 0.29) is 25.7 Å². The zero-order chi connectivity index (χ0) is 20.1. The number of rotatable bonds is 9. The molecule has 0 fully saturated rings. The summed E-state index contributed by atoms with van der Waals surface area (Å²) in [5, 5.41) is 9.30. The summed E-state index contributed by atoms with van der Waals surface area (Å²) >= 11 is 0. The second kappa shape index (κ2) is 9.45. The Hall–Kier alpha value is 0.260. The second-order valence-electron chi connectivity index (χ2n) is 9.02. The van der Waals surface area contributed by atoms with E-state index in [1.807, 2.05) is 20.8 Å². The van der Waals surface area contributed by atoms with Crippen molar-refractivity contribution in [1.29, 1.82) is 0 Å². The van der Waals surface area contributed by atoms with Crippen molar-refractivity contribution in [2.45, 2.75) is 79.1 Å². The minimum Gasteiger partial charge on any atom is -0.395 e. The summed E-state index contributed by atoms with van der Waals surface area (Å²) in [7, 11) is -5.91. The first-order valence-corrected chi connectivity index (χ1v) is 11.8. The molecule has 0 saturated carbocycles. The molecule has 0 aromatic rings. The van der Waals surface area contributed by atoms with Gasteiger partial charge in [-0.05, 0) is 62.3 Å². The van der Waals surface area contributed by atoms with Gasteiger partial charge in [0.2, 0.25) is 8.03 Å². The fourth-order valence-corrected chi connectivity index (χ4v) is 6.18. The number of hydrogen-bond donors (Lipinski definition) is 1. The monoisotopic (exact) mass is 401 g/mol. The zero-order valence-corrected chi connectivity index (χ0v) is 19.1. The van der Waals surface area contributed by atoms with Crippen LogP contribution in [0.1, 0.15) is 62.3 Å². The topological polar surface area (TPSA) is 85.3 Å². The fourth-order valence-electron chi connectivity index (χ4n) is 2.05. The van der Waals surface area contributed by atoms with Crippen LogP contribution in [0, 0.1) is 0 Å². The van der Waals surface area contributed by atoms with Gasteiger partial charge in [-0.3, -0.25) is 14.0 Å². The van der Waals surface area contributed by atoms with E-state index in [0.717, 1.165) is 0 Å². The molecule has 0 amide bonds. The fraction of sp³-hybridized carbons (Fsp3) is 1.00. The first-order valence-electron chi connectivity index (χ1n) is 8.50. The van der Waals surface area contributed by atoms with Gasteiger partial charge in [0, 0.05) is 6.54 Å². The summed E-state index contributed by atoms with van der Waals surface area (Å²) in [5.41, 5.74) is -1.87. The van der Waals surface area contributed by atoms with E-state index >= 15 is 0 Å². The molecule has 0 saturated heterocycles. The summed E-state index contributed by atoms with van der Waals surface area (Å²) in [4.78, 5) is 1.62. The van der Waals surface area contributed by atoms with E-state index in [0.29, 0.717) is 0 Å². The highest BCUT2D eigenvalue weighted by Crippen LogP contribution is 2.55. The van der Waals surface area contributed by atoms with Crippen LogP contribution >= 0.6 is 15.6 Å². The van der Waals surface area contributed by atoms with E-state index in [1.165, 1.54) is 0 Å². The van der Waals surface area contributed by atoms with Gasteiger partial charge >= 0.3 is 7.60 Å². The van der Waals surface area contributed by atoms with Crippen molar-refractivity contribution in [3.8, 4) is 0 Å². The minimum absolute atomic E-state index is 0.0635. The molecule has 25 heavy (non-hydrogen) atoms. The van der Waals surface area contributed by atoms with Gasteiger partial charge in [0.1, 0.15) is 6.29 Å². The maximum atomic E-state index is 13.3. The summed E-state index contributed by atoms with van der Waals surface area (Å²) in [6.07, 6.45) is 0.0134. The normalized spacial score (nSPS) is 15.6. The lowest BCUT2D eigenvalue weighted by Gasteiger charge is -2.35. The summed E-state index contributed by atoms with van der Waals surface area (Å²) in [5.74, 6) is 0. The van der Waals surface area contributed by atoms with Crippen molar-refractivity contribution < 1.29 is 27.8 Å². The standard InChI is InChI=1S/C16H37NO6P2/c1-14(2,3)21-24(19)12-17(10-11-18)13-25(20,22-15(4,5)6)23-16(7,8)9/h18,24H,10-13H2,1-9H3. The van der Waals surface area contributed by atoms with E-state index in [4.69, 9.17) is 13.6 Å². The Balaban J connectivity index is 5.28. The lowest BCUT2D eigenvalue weighted by Crippen LogP contribution is -2.33. The Morgan fingerprint density at radius 2 is 1.36 bits per heavy atom. The minimum atomic E-state index is -3.52. The highest BCUT2D eigenvalue weighted by atomic mass is 31.2. The largest absolute Gasteiger partial charge is 0.395 e. The first kappa shape index (κ1) is 25.3. The Kier molecular flexibility index (Phi) is 9.55. The van der Waals surface area contributed by atoms with Crippen LogP contribution in [0.2, 0.25) is 0 Å². The maximum Gasteiger partial charge on any atom is 0.345 e. The van der Waals surface area contributed by atoms with Gasteiger partial charge in [-0.1, -0.05) is 0 Å². The van der Waals surface area contributed by atoms with E-state index in [2.05, 4.69) is 0 Å². The third-order valence-corrected chi connectivity index (χ3v) is 6.33. The number of hydrogen-bond acceptors (Lipinski definition) is 7. The zero-order valence-electron chi connectivity index (χ0n) is 17.2.